The molecule has 0 atom stereocenters. The van der Waals surface area contributed by atoms with Crippen LogP contribution in [-0.4, -0.2) is 43.1 Å². The van der Waals surface area contributed by atoms with E-state index in [0.717, 1.165) is 10.9 Å². The molecule has 0 aliphatic heterocycles. The number of fused-ring (bicyclic) bond motifs is 1. The average molecular weight is 496 g/mol. The van der Waals surface area contributed by atoms with Crippen LogP contribution in [0.5, 0.6) is 17.2 Å². The molecule has 0 saturated heterocycles. The van der Waals surface area contributed by atoms with E-state index in [-0.39, 0.29) is 29.8 Å². The molecule has 0 radical (unpaired) electrons. The molecule has 1 heterocycles. The smallest absolute Gasteiger partial charge is 0.254 e. The third kappa shape index (κ3) is 5.42. The van der Waals surface area contributed by atoms with Gasteiger partial charge in [0.15, 0.2) is 17.3 Å². The van der Waals surface area contributed by atoms with Crippen LogP contribution in [0.4, 0.5) is 5.82 Å². The summed E-state index contributed by atoms with van der Waals surface area (Å²) in [7, 11) is 3.17. The second-order valence-corrected chi connectivity index (χ2v) is 9.98. The van der Waals surface area contributed by atoms with Gasteiger partial charge >= 0.3 is 0 Å². The number of methoxy groups -OCH3 is 1. The van der Waals surface area contributed by atoms with Crippen LogP contribution in [0.3, 0.4) is 0 Å². The van der Waals surface area contributed by atoms with Crippen LogP contribution in [0, 0.1) is 0 Å². The van der Waals surface area contributed by atoms with E-state index in [2.05, 4.69) is 26.1 Å². The summed E-state index contributed by atoms with van der Waals surface area (Å²) in [5.41, 5.74) is 7.94. The molecule has 0 unspecified atom stereocenters. The quantitative estimate of drug-likeness (QED) is 0.407. The molecule has 1 amide bonds. The summed E-state index contributed by atoms with van der Waals surface area (Å²) in [5.74, 6) is 1.63. The average Bonchev–Trinajstić information content (AvgIpc) is 3.10. The number of rotatable bonds is 9. The number of amides is 1. The van der Waals surface area contributed by atoms with E-state index in [1.807, 2.05) is 26.8 Å². The number of benzene rings is 2. The normalized spacial score (nSPS) is 11.6. The Morgan fingerprint density at radius 3 is 2.36 bits per heavy atom. The van der Waals surface area contributed by atoms with Crippen molar-refractivity contribution < 1.29 is 23.8 Å². The van der Waals surface area contributed by atoms with Crippen LogP contribution in [0.25, 0.3) is 10.8 Å². The number of nitrogen functional groups attached to an aromatic ring is 1. The van der Waals surface area contributed by atoms with Crippen molar-refractivity contribution in [2.24, 2.45) is 0 Å². The fourth-order valence-electron chi connectivity index (χ4n) is 4.15. The number of nitrogens with zero attached hydrogens (tertiary/aromatic N) is 1. The monoisotopic (exact) mass is 495 g/mol. The molecule has 0 aliphatic carbocycles. The lowest BCUT2D eigenvalue weighted by Crippen LogP contribution is -2.19. The summed E-state index contributed by atoms with van der Waals surface area (Å²) in [6, 6.07) is 7.08. The van der Waals surface area contributed by atoms with Gasteiger partial charge in [-0.15, -0.1) is 0 Å². The van der Waals surface area contributed by atoms with E-state index in [4.69, 9.17) is 19.9 Å². The molecule has 0 aliphatic rings. The van der Waals surface area contributed by atoms with Gasteiger partial charge < -0.3 is 29.8 Å². The topological polar surface area (TPSA) is 105 Å². The van der Waals surface area contributed by atoms with Crippen molar-refractivity contribution >= 4 is 28.3 Å². The van der Waals surface area contributed by atoms with Gasteiger partial charge in [-0.25, -0.2) is 0 Å². The summed E-state index contributed by atoms with van der Waals surface area (Å²) >= 11 is 0. The molecule has 194 valence electrons. The predicted molar refractivity (Wildman–Crippen MR) is 143 cm³/mol. The third-order valence-electron chi connectivity index (χ3n) is 5.87. The zero-order valence-electron chi connectivity index (χ0n) is 22.4. The van der Waals surface area contributed by atoms with Crippen molar-refractivity contribution in [3.63, 3.8) is 0 Å². The number of nitrogens with two attached hydrogens (primary N) is 1. The molecule has 3 aromatic rings. The number of carbonyl (C=O) groups excluding carboxylic acids is 2. The maximum absolute atomic E-state index is 13.5. The minimum atomic E-state index is -0.274. The number of ether oxygens (including phenoxy) is 3. The lowest BCUT2D eigenvalue weighted by Gasteiger charge is -2.25. The van der Waals surface area contributed by atoms with Gasteiger partial charge in [-0.2, -0.15) is 0 Å². The van der Waals surface area contributed by atoms with E-state index in [9.17, 15) is 9.59 Å². The molecule has 0 fully saturated rings. The Hall–Kier alpha value is -3.68. The molecule has 8 nitrogen and oxygen atoms in total. The molecular weight excluding hydrogens is 458 g/mol. The molecule has 3 N–H and O–H groups in total. The summed E-state index contributed by atoms with van der Waals surface area (Å²) in [4.78, 5) is 25.9. The van der Waals surface area contributed by atoms with E-state index < -0.39 is 0 Å². The van der Waals surface area contributed by atoms with Crippen molar-refractivity contribution in [3.8, 4) is 17.2 Å². The Morgan fingerprint density at radius 2 is 1.81 bits per heavy atom. The maximum atomic E-state index is 13.5. The highest BCUT2D eigenvalue weighted by Crippen LogP contribution is 2.40. The van der Waals surface area contributed by atoms with Crippen LogP contribution in [-0.2, 0) is 12.0 Å². The number of aromatic nitrogens is 1. The van der Waals surface area contributed by atoms with Crippen molar-refractivity contribution in [1.29, 1.82) is 0 Å². The Morgan fingerprint density at radius 1 is 1.11 bits per heavy atom. The summed E-state index contributed by atoms with van der Waals surface area (Å²) in [6.45, 7) is 12.3. The minimum absolute atomic E-state index is 0.0246. The van der Waals surface area contributed by atoms with Crippen LogP contribution >= 0.6 is 0 Å². The van der Waals surface area contributed by atoms with Crippen molar-refractivity contribution in [2.75, 3.05) is 26.5 Å². The molecular formula is C28H37N3O5. The van der Waals surface area contributed by atoms with Crippen LogP contribution in [0.15, 0.2) is 30.5 Å². The lowest BCUT2D eigenvalue weighted by atomic mass is 9.84. The standard InChI is InChI=1S/C28H37N3O5/c1-9-35-23-12-18-14-31(26(29)19(18)13-20(23)27(33)30-7)15-22(32)17-10-21(28(4,5)6)25(34-8)24(11-17)36-16(2)3/h10-14,16H,9,15,29H2,1-8H3,(H,30,33). The van der Waals surface area contributed by atoms with E-state index in [1.165, 1.54) is 0 Å². The Labute approximate surface area is 212 Å². The number of nitrogens with one attached hydrogen (secondary N) is 1. The molecule has 0 bridgehead atoms. The fraction of sp³-hybridized carbons (Fsp3) is 0.429. The second-order valence-electron chi connectivity index (χ2n) is 9.98. The zero-order chi connectivity index (χ0) is 26.8. The number of anilines is 1. The van der Waals surface area contributed by atoms with Crippen molar-refractivity contribution in [1.82, 2.24) is 9.88 Å². The number of hydrogen-bond donors (Lipinski definition) is 2. The first-order valence-electron chi connectivity index (χ1n) is 12.1. The lowest BCUT2D eigenvalue weighted by molar-refractivity contribution is 0.0955. The first-order valence-corrected chi connectivity index (χ1v) is 12.1. The summed E-state index contributed by atoms with van der Waals surface area (Å²) in [6.07, 6.45) is 1.72. The number of hydrogen-bond acceptors (Lipinski definition) is 6. The first-order chi connectivity index (χ1) is 16.9. The Kier molecular flexibility index (Phi) is 7.86. The number of ketones is 1. The van der Waals surface area contributed by atoms with Gasteiger partial charge in [-0.3, -0.25) is 9.59 Å². The highest BCUT2D eigenvalue weighted by atomic mass is 16.5. The van der Waals surface area contributed by atoms with E-state index in [0.29, 0.717) is 46.2 Å². The second kappa shape index (κ2) is 10.5. The Bertz CT molecular complexity index is 1280. The van der Waals surface area contributed by atoms with Gasteiger partial charge in [0, 0.05) is 35.1 Å². The predicted octanol–water partition coefficient (Wildman–Crippen LogP) is 4.96. The molecule has 36 heavy (non-hydrogen) atoms. The van der Waals surface area contributed by atoms with Crippen molar-refractivity contribution in [2.45, 2.75) is 59.6 Å². The maximum Gasteiger partial charge on any atom is 0.254 e. The number of Topliss-reactive ketones (excluding diaryl/α,β-unsaturated/α-hetero) is 1. The molecule has 3 rings (SSSR count). The molecule has 2 aromatic carbocycles. The molecule has 0 spiro atoms. The van der Waals surface area contributed by atoms with Gasteiger partial charge in [-0.1, -0.05) is 20.8 Å². The fourth-order valence-corrected chi connectivity index (χ4v) is 4.15. The largest absolute Gasteiger partial charge is 0.493 e. The van der Waals surface area contributed by atoms with E-state index in [1.54, 1.807) is 43.1 Å². The highest BCUT2D eigenvalue weighted by Gasteiger charge is 2.26. The van der Waals surface area contributed by atoms with Gasteiger partial charge in [0.1, 0.15) is 11.6 Å². The van der Waals surface area contributed by atoms with Crippen LogP contribution < -0.4 is 25.3 Å². The molecule has 1 aromatic heterocycles. The summed E-state index contributed by atoms with van der Waals surface area (Å²) < 4.78 is 19.1. The van der Waals surface area contributed by atoms with Crippen LogP contribution in [0.1, 0.15) is 67.8 Å². The minimum Gasteiger partial charge on any atom is -0.493 e. The zero-order valence-corrected chi connectivity index (χ0v) is 22.4. The highest BCUT2D eigenvalue weighted by molar-refractivity contribution is 6.05. The SMILES string of the molecule is CCOc1cc2cn(CC(=O)c3cc(OC(C)C)c(OC)c(C(C)(C)C)c3)c(N)c2cc1C(=O)NC. The molecule has 8 heteroatoms. The first kappa shape index (κ1) is 26.9. The molecule has 0 saturated carbocycles. The third-order valence-corrected chi connectivity index (χ3v) is 5.87. The van der Waals surface area contributed by atoms with Gasteiger partial charge in [-0.05, 0) is 50.5 Å². The van der Waals surface area contributed by atoms with E-state index >= 15 is 0 Å². The Balaban J connectivity index is 2.06. The number of carbonyl (C=O) groups is 2. The van der Waals surface area contributed by atoms with Gasteiger partial charge in [0.2, 0.25) is 0 Å². The van der Waals surface area contributed by atoms with Gasteiger partial charge in [0.25, 0.3) is 5.91 Å². The van der Waals surface area contributed by atoms with Crippen LogP contribution in [0.2, 0.25) is 0 Å². The van der Waals surface area contributed by atoms with Crippen molar-refractivity contribution in [3.05, 3.63) is 47.2 Å². The summed E-state index contributed by atoms with van der Waals surface area (Å²) in [5, 5.41) is 4.09. The van der Waals surface area contributed by atoms with Gasteiger partial charge in [0.05, 0.1) is 31.9 Å².